The second-order valence-corrected chi connectivity index (χ2v) is 10.3. The summed E-state index contributed by atoms with van der Waals surface area (Å²) in [5, 5.41) is 21.3. The summed E-state index contributed by atoms with van der Waals surface area (Å²) in [5.74, 6) is 0.548. The number of anilines is 1. The highest BCUT2D eigenvalue weighted by Gasteiger charge is 2.29. The highest BCUT2D eigenvalue weighted by molar-refractivity contribution is 6.31. The zero-order valence-corrected chi connectivity index (χ0v) is 23.5. The van der Waals surface area contributed by atoms with Crippen molar-refractivity contribution < 1.29 is 14.6 Å². The maximum Gasteiger partial charge on any atom is 0.411 e. The minimum Gasteiger partial charge on any atom is -0.465 e. The summed E-state index contributed by atoms with van der Waals surface area (Å²) in [6.07, 6.45) is 3.20. The number of methoxy groups -OCH3 is 1. The average Bonchev–Trinajstić information content (AvgIpc) is 3.74. The third kappa shape index (κ3) is 5.03. The van der Waals surface area contributed by atoms with E-state index in [-0.39, 0.29) is 29.9 Å². The van der Waals surface area contributed by atoms with Crippen LogP contribution < -0.4 is 10.5 Å². The number of carbonyl (C=O) groups is 1. The van der Waals surface area contributed by atoms with Gasteiger partial charge in [0.05, 0.1) is 42.5 Å². The van der Waals surface area contributed by atoms with Gasteiger partial charge in [0.2, 0.25) is 0 Å². The van der Waals surface area contributed by atoms with Crippen molar-refractivity contribution in [2.75, 3.05) is 25.2 Å². The topological polar surface area (TPSA) is 157 Å². The number of nitrogens with zero attached hydrogens (tertiary/aromatic N) is 8. The molecule has 13 nitrogen and oxygen atoms in total. The number of rotatable bonds is 8. The largest absolute Gasteiger partial charge is 0.465 e. The molecule has 0 saturated carbocycles. The summed E-state index contributed by atoms with van der Waals surface area (Å²) < 4.78 is 8.32. The van der Waals surface area contributed by atoms with Crippen LogP contribution in [0, 0.1) is 6.92 Å². The van der Waals surface area contributed by atoms with E-state index in [4.69, 9.17) is 21.3 Å². The van der Waals surface area contributed by atoms with Crippen molar-refractivity contribution in [3.05, 3.63) is 87.6 Å². The Morgan fingerprint density at radius 3 is 2.81 bits per heavy atom. The quantitative estimate of drug-likeness (QED) is 0.275. The number of pyridine rings is 2. The number of carboxylic acid groups (broad SMARTS) is 1. The van der Waals surface area contributed by atoms with Gasteiger partial charge in [0.15, 0.2) is 0 Å². The lowest BCUT2D eigenvalue weighted by Crippen LogP contribution is -2.32. The van der Waals surface area contributed by atoms with Gasteiger partial charge in [-0.3, -0.25) is 14.7 Å². The van der Waals surface area contributed by atoms with E-state index in [1.807, 2.05) is 31.2 Å². The van der Waals surface area contributed by atoms with Crippen molar-refractivity contribution in [1.82, 2.24) is 39.7 Å². The van der Waals surface area contributed by atoms with E-state index in [9.17, 15) is 14.7 Å². The zero-order valence-electron chi connectivity index (χ0n) is 22.7. The Kier molecular flexibility index (Phi) is 7.27. The van der Waals surface area contributed by atoms with E-state index < -0.39 is 6.09 Å². The Morgan fingerprint density at radius 1 is 1.24 bits per heavy atom. The van der Waals surface area contributed by atoms with Crippen LogP contribution in [-0.2, 0) is 11.2 Å². The molecule has 5 aromatic rings. The molecule has 0 unspecified atom stereocenters. The van der Waals surface area contributed by atoms with Gasteiger partial charge in [-0.25, -0.2) is 9.78 Å². The maximum atomic E-state index is 13.5. The van der Waals surface area contributed by atoms with Gasteiger partial charge in [-0.2, -0.15) is 4.68 Å². The van der Waals surface area contributed by atoms with Crippen LogP contribution in [0.4, 0.5) is 10.5 Å². The highest BCUT2D eigenvalue weighted by Crippen LogP contribution is 2.35. The second kappa shape index (κ2) is 11.2. The van der Waals surface area contributed by atoms with Crippen LogP contribution in [0.1, 0.15) is 29.5 Å². The van der Waals surface area contributed by atoms with Gasteiger partial charge in [0.25, 0.3) is 5.56 Å². The summed E-state index contributed by atoms with van der Waals surface area (Å²) in [6, 6.07) is 12.5. The van der Waals surface area contributed by atoms with Gasteiger partial charge in [-0.05, 0) is 66.1 Å². The number of aryl methyl sites for hydroxylation is 2. The first-order valence-electron chi connectivity index (χ1n) is 13.1. The SMILES string of the molecule is COCCN(C(=O)O)c1ccc(-c2nc([C@@H]3CCc4cc(-c5cc(C)ccc5-n5cnnn5)cc(=O)n43)[nH]c2Cl)nc1. The van der Waals surface area contributed by atoms with Gasteiger partial charge in [0, 0.05) is 24.4 Å². The minimum atomic E-state index is -1.11. The molecule has 1 atom stereocenters. The van der Waals surface area contributed by atoms with Crippen LogP contribution in [0.3, 0.4) is 0 Å². The van der Waals surface area contributed by atoms with Crippen LogP contribution in [0.2, 0.25) is 5.15 Å². The van der Waals surface area contributed by atoms with E-state index in [1.54, 1.807) is 27.4 Å². The van der Waals surface area contributed by atoms with E-state index in [0.717, 1.165) is 33.0 Å². The molecule has 6 rings (SSSR count). The van der Waals surface area contributed by atoms with Crippen molar-refractivity contribution in [1.29, 1.82) is 0 Å². The maximum absolute atomic E-state index is 13.5. The van der Waals surface area contributed by atoms with Gasteiger partial charge >= 0.3 is 6.09 Å². The second-order valence-electron chi connectivity index (χ2n) is 9.89. The van der Waals surface area contributed by atoms with Crippen molar-refractivity contribution >= 4 is 23.4 Å². The first-order chi connectivity index (χ1) is 20.3. The van der Waals surface area contributed by atoms with Crippen molar-refractivity contribution in [3.8, 4) is 28.2 Å². The number of halogens is 1. The summed E-state index contributed by atoms with van der Waals surface area (Å²) in [7, 11) is 1.51. The Bertz CT molecular complexity index is 1820. The molecule has 2 N–H and O–H groups in total. The van der Waals surface area contributed by atoms with Gasteiger partial charge in [-0.15, -0.1) is 5.10 Å². The van der Waals surface area contributed by atoms with Crippen LogP contribution in [-0.4, -0.2) is 71.2 Å². The third-order valence-electron chi connectivity index (χ3n) is 7.24. The van der Waals surface area contributed by atoms with Crippen LogP contribution in [0.15, 0.2) is 59.8 Å². The number of nitrogens with one attached hydrogen (secondary N) is 1. The van der Waals surface area contributed by atoms with E-state index in [2.05, 4.69) is 25.5 Å². The summed E-state index contributed by atoms with van der Waals surface area (Å²) in [6.45, 7) is 2.41. The first-order valence-corrected chi connectivity index (χ1v) is 13.5. The van der Waals surface area contributed by atoms with Gasteiger partial charge in [0.1, 0.15) is 23.0 Å². The smallest absolute Gasteiger partial charge is 0.411 e. The number of fused-ring (bicyclic) bond motifs is 1. The molecule has 0 aliphatic carbocycles. The first kappa shape index (κ1) is 27.3. The normalized spacial score (nSPS) is 14.2. The van der Waals surface area contributed by atoms with Crippen molar-refractivity contribution in [3.63, 3.8) is 0 Å². The Balaban J connectivity index is 1.31. The third-order valence-corrected chi connectivity index (χ3v) is 7.51. The fraction of sp³-hybridized carbons (Fsp3) is 0.250. The molecule has 0 bridgehead atoms. The molecule has 0 fully saturated rings. The molecule has 0 saturated heterocycles. The number of aromatic nitrogens is 8. The number of imidazole rings is 1. The Labute approximate surface area is 244 Å². The number of aromatic amines is 1. The number of hydrogen-bond donors (Lipinski definition) is 2. The molecule has 14 heteroatoms. The Morgan fingerprint density at radius 2 is 2.10 bits per heavy atom. The minimum absolute atomic E-state index is 0.157. The molecule has 5 heterocycles. The number of tetrazole rings is 1. The van der Waals surface area contributed by atoms with E-state index in [1.165, 1.54) is 19.6 Å². The van der Waals surface area contributed by atoms with E-state index >= 15 is 0 Å². The monoisotopic (exact) mass is 587 g/mol. The average molecular weight is 588 g/mol. The molecular formula is C28H26ClN9O4. The molecule has 214 valence electrons. The zero-order chi connectivity index (χ0) is 29.4. The number of H-pyrrole nitrogens is 1. The summed E-state index contributed by atoms with van der Waals surface area (Å²) in [4.78, 5) is 38.6. The molecule has 0 radical (unpaired) electrons. The predicted molar refractivity (Wildman–Crippen MR) is 154 cm³/mol. The predicted octanol–water partition coefficient (Wildman–Crippen LogP) is 3.90. The number of ether oxygens (including phenoxy) is 1. The number of hydrogen-bond acceptors (Lipinski definition) is 8. The van der Waals surface area contributed by atoms with E-state index in [0.29, 0.717) is 35.7 Å². The summed E-state index contributed by atoms with van der Waals surface area (Å²) >= 11 is 6.55. The molecule has 1 amide bonds. The van der Waals surface area contributed by atoms with Crippen molar-refractivity contribution in [2.24, 2.45) is 0 Å². The molecule has 42 heavy (non-hydrogen) atoms. The fourth-order valence-corrected chi connectivity index (χ4v) is 5.50. The van der Waals surface area contributed by atoms with Crippen LogP contribution in [0.25, 0.3) is 28.2 Å². The molecule has 4 aromatic heterocycles. The number of benzene rings is 1. The Hall–Kier alpha value is -4.88. The van der Waals surface area contributed by atoms with Crippen LogP contribution in [0.5, 0.6) is 0 Å². The molecule has 1 aromatic carbocycles. The standard InChI is InChI=1S/C28H26ClN9O4/c1-16-3-7-22(37-15-31-34-35-37)20(11-16)17-12-18-5-8-23(38(18)24(39)13-17)27-32-25(26(29)33-27)21-6-4-19(14-30-21)36(28(40)41)9-10-42-2/h3-4,6-7,11-15,23H,5,8-10H2,1-2H3,(H,32,33)(H,40,41)/t23-/m0/s1. The molecule has 1 aliphatic heterocycles. The van der Waals surface area contributed by atoms with Gasteiger partial charge < -0.3 is 19.4 Å². The van der Waals surface area contributed by atoms with Crippen LogP contribution >= 0.6 is 11.6 Å². The lowest BCUT2D eigenvalue weighted by atomic mass is 10.0. The molecular weight excluding hydrogens is 562 g/mol. The lowest BCUT2D eigenvalue weighted by Gasteiger charge is -2.18. The van der Waals surface area contributed by atoms with Gasteiger partial charge in [-0.1, -0.05) is 23.2 Å². The highest BCUT2D eigenvalue weighted by atomic mass is 35.5. The lowest BCUT2D eigenvalue weighted by molar-refractivity contribution is 0.186. The molecule has 0 spiro atoms. The van der Waals surface area contributed by atoms with Crippen molar-refractivity contribution in [2.45, 2.75) is 25.8 Å². The summed E-state index contributed by atoms with van der Waals surface area (Å²) in [5.41, 5.74) is 5.47. The number of amides is 1. The fourth-order valence-electron chi connectivity index (χ4n) is 5.26. The molecule has 1 aliphatic rings.